The van der Waals surface area contributed by atoms with Gasteiger partial charge in [-0.1, -0.05) is 0 Å². The summed E-state index contributed by atoms with van der Waals surface area (Å²) < 4.78 is 6.02. The summed E-state index contributed by atoms with van der Waals surface area (Å²) in [5, 5.41) is 0. The van der Waals surface area contributed by atoms with E-state index in [1.54, 1.807) is 13.2 Å². The summed E-state index contributed by atoms with van der Waals surface area (Å²) >= 11 is 3.30. The van der Waals surface area contributed by atoms with Gasteiger partial charge in [0, 0.05) is 17.7 Å². The summed E-state index contributed by atoms with van der Waals surface area (Å²) in [6, 6.07) is 3.73. The summed E-state index contributed by atoms with van der Waals surface area (Å²) in [6.07, 6.45) is 1.17. The van der Waals surface area contributed by atoms with Crippen LogP contribution in [0.5, 0.6) is 0 Å². The van der Waals surface area contributed by atoms with Crippen molar-refractivity contribution in [3.05, 3.63) is 28.5 Å². The average molecular weight is 257 g/mol. The molecule has 0 bridgehead atoms. The highest BCUT2D eigenvalue weighted by molar-refractivity contribution is 9.10. The molecule has 1 amide bonds. The summed E-state index contributed by atoms with van der Waals surface area (Å²) in [6.45, 7) is 0.563. The number of hydrogen-bond acceptors (Lipinski definition) is 3. The third-order valence-electron chi connectivity index (χ3n) is 2.07. The third-order valence-corrected chi connectivity index (χ3v) is 2.54. The Morgan fingerprint density at radius 1 is 1.64 bits per heavy atom. The molecule has 74 valence electrons. The Labute approximate surface area is 90.0 Å². The Kier molecular flexibility index (Phi) is 2.41. The van der Waals surface area contributed by atoms with Gasteiger partial charge in [-0.25, -0.2) is 4.79 Å². The van der Waals surface area contributed by atoms with Gasteiger partial charge in [-0.15, -0.1) is 0 Å². The first-order valence-corrected chi connectivity index (χ1v) is 4.99. The maximum absolute atomic E-state index is 11.1. The maximum Gasteiger partial charge on any atom is 0.410 e. The van der Waals surface area contributed by atoms with Crippen molar-refractivity contribution >= 4 is 22.0 Å². The lowest BCUT2D eigenvalue weighted by molar-refractivity contribution is 0.133. The van der Waals surface area contributed by atoms with E-state index in [-0.39, 0.29) is 12.2 Å². The topological polar surface area (TPSA) is 42.4 Å². The monoisotopic (exact) mass is 256 g/mol. The molecular formula is C9H9BrN2O2. The van der Waals surface area contributed by atoms with E-state index < -0.39 is 0 Å². The maximum atomic E-state index is 11.1. The van der Waals surface area contributed by atoms with Gasteiger partial charge in [-0.2, -0.15) is 0 Å². The average Bonchev–Trinajstić information content (AvgIpc) is 2.48. The van der Waals surface area contributed by atoms with Crippen LogP contribution in [0.4, 0.5) is 4.79 Å². The van der Waals surface area contributed by atoms with Gasteiger partial charge in [0.15, 0.2) is 6.10 Å². The van der Waals surface area contributed by atoms with Crippen LogP contribution >= 0.6 is 15.9 Å². The second kappa shape index (κ2) is 3.57. The zero-order chi connectivity index (χ0) is 10.1. The summed E-state index contributed by atoms with van der Waals surface area (Å²) in [4.78, 5) is 16.8. The van der Waals surface area contributed by atoms with E-state index in [0.29, 0.717) is 6.54 Å². The number of pyridine rings is 1. The lowest BCUT2D eigenvalue weighted by Gasteiger charge is -2.06. The van der Waals surface area contributed by atoms with E-state index in [9.17, 15) is 4.79 Å². The molecule has 1 atom stereocenters. The lowest BCUT2D eigenvalue weighted by Crippen LogP contribution is -2.17. The summed E-state index contributed by atoms with van der Waals surface area (Å²) in [5.74, 6) is 0. The molecule has 14 heavy (non-hydrogen) atoms. The Morgan fingerprint density at radius 3 is 2.93 bits per heavy atom. The molecule has 0 spiro atoms. The van der Waals surface area contributed by atoms with Crippen LogP contribution in [0, 0.1) is 0 Å². The fraction of sp³-hybridized carbons (Fsp3) is 0.333. The minimum Gasteiger partial charge on any atom is -0.438 e. The molecule has 0 aromatic carbocycles. The summed E-state index contributed by atoms with van der Waals surface area (Å²) in [5.41, 5.74) is 0.783. The van der Waals surface area contributed by atoms with Gasteiger partial charge in [-0.05, 0) is 28.1 Å². The normalized spacial score (nSPS) is 21.1. The molecule has 1 fully saturated rings. The number of likely N-dealkylation sites (N-methyl/N-ethyl adjacent to an activating group) is 1. The van der Waals surface area contributed by atoms with Crippen molar-refractivity contribution in [1.82, 2.24) is 9.88 Å². The standard InChI is InChI=1S/C9H9BrN2O2/c1-12-5-8(14-9(12)13)7-3-2-6(10)4-11-7/h2-4,8H,5H2,1H3. The molecule has 0 saturated carbocycles. The number of carbonyl (C=O) groups is 1. The first-order valence-electron chi connectivity index (χ1n) is 4.20. The van der Waals surface area contributed by atoms with E-state index in [4.69, 9.17) is 4.74 Å². The molecule has 1 aromatic rings. The van der Waals surface area contributed by atoms with Crippen LogP contribution in [-0.2, 0) is 4.74 Å². The molecule has 0 radical (unpaired) electrons. The Balaban J connectivity index is 2.17. The van der Waals surface area contributed by atoms with E-state index in [1.807, 2.05) is 12.1 Å². The van der Waals surface area contributed by atoms with Crippen molar-refractivity contribution in [2.45, 2.75) is 6.10 Å². The number of nitrogens with zero attached hydrogens (tertiary/aromatic N) is 2. The van der Waals surface area contributed by atoms with Crippen LogP contribution in [-0.4, -0.2) is 29.6 Å². The smallest absolute Gasteiger partial charge is 0.410 e. The van der Waals surface area contributed by atoms with Gasteiger partial charge in [0.2, 0.25) is 0 Å². The van der Waals surface area contributed by atoms with Crippen molar-refractivity contribution in [3.8, 4) is 0 Å². The van der Waals surface area contributed by atoms with Crippen LogP contribution in [0.1, 0.15) is 11.8 Å². The zero-order valence-corrected chi connectivity index (χ0v) is 9.19. The van der Waals surface area contributed by atoms with Gasteiger partial charge in [0.1, 0.15) is 0 Å². The van der Waals surface area contributed by atoms with Crippen molar-refractivity contribution in [3.63, 3.8) is 0 Å². The van der Waals surface area contributed by atoms with Gasteiger partial charge in [-0.3, -0.25) is 4.98 Å². The van der Waals surface area contributed by atoms with Crippen molar-refractivity contribution in [1.29, 1.82) is 0 Å². The number of carbonyl (C=O) groups excluding carboxylic acids is 1. The number of halogens is 1. The first kappa shape index (κ1) is 9.45. The fourth-order valence-electron chi connectivity index (χ4n) is 1.30. The van der Waals surface area contributed by atoms with Gasteiger partial charge < -0.3 is 9.64 Å². The van der Waals surface area contributed by atoms with Crippen molar-refractivity contribution in [2.75, 3.05) is 13.6 Å². The number of hydrogen-bond donors (Lipinski definition) is 0. The number of ether oxygens (including phenoxy) is 1. The molecule has 1 aliphatic heterocycles. The molecule has 2 heterocycles. The highest BCUT2D eigenvalue weighted by Crippen LogP contribution is 2.23. The zero-order valence-electron chi connectivity index (χ0n) is 7.61. The summed E-state index contributed by atoms with van der Waals surface area (Å²) in [7, 11) is 1.71. The number of aromatic nitrogens is 1. The van der Waals surface area contributed by atoms with Gasteiger partial charge in [0.25, 0.3) is 0 Å². The first-order chi connectivity index (χ1) is 6.66. The minimum absolute atomic E-state index is 0.236. The predicted octanol–water partition coefficient (Wildman–Crippen LogP) is 1.97. The lowest BCUT2D eigenvalue weighted by atomic mass is 10.2. The van der Waals surface area contributed by atoms with Crippen LogP contribution in [0.2, 0.25) is 0 Å². The molecule has 2 rings (SSSR count). The second-order valence-corrected chi connectivity index (χ2v) is 4.07. The molecule has 0 N–H and O–H groups in total. The molecule has 1 aromatic heterocycles. The highest BCUT2D eigenvalue weighted by Gasteiger charge is 2.30. The van der Waals surface area contributed by atoms with Crippen LogP contribution < -0.4 is 0 Å². The number of rotatable bonds is 1. The predicted molar refractivity (Wildman–Crippen MR) is 53.8 cm³/mol. The molecule has 1 saturated heterocycles. The molecule has 5 heteroatoms. The number of amides is 1. The fourth-order valence-corrected chi connectivity index (χ4v) is 1.54. The molecule has 4 nitrogen and oxygen atoms in total. The Morgan fingerprint density at radius 2 is 2.43 bits per heavy atom. The van der Waals surface area contributed by atoms with Crippen molar-refractivity contribution in [2.24, 2.45) is 0 Å². The quantitative estimate of drug-likeness (QED) is 0.772. The van der Waals surface area contributed by atoms with Crippen LogP contribution in [0.15, 0.2) is 22.8 Å². The third kappa shape index (κ3) is 1.72. The minimum atomic E-state index is -0.292. The molecular weight excluding hydrogens is 248 g/mol. The van der Waals surface area contributed by atoms with E-state index in [2.05, 4.69) is 20.9 Å². The molecule has 1 unspecified atom stereocenters. The van der Waals surface area contributed by atoms with Gasteiger partial charge >= 0.3 is 6.09 Å². The van der Waals surface area contributed by atoms with E-state index >= 15 is 0 Å². The Bertz CT molecular complexity index is 352. The van der Waals surface area contributed by atoms with Crippen LogP contribution in [0.3, 0.4) is 0 Å². The van der Waals surface area contributed by atoms with E-state index in [0.717, 1.165) is 10.2 Å². The van der Waals surface area contributed by atoms with Crippen LogP contribution in [0.25, 0.3) is 0 Å². The highest BCUT2D eigenvalue weighted by atomic mass is 79.9. The van der Waals surface area contributed by atoms with E-state index in [1.165, 1.54) is 4.90 Å². The second-order valence-electron chi connectivity index (χ2n) is 3.15. The Hall–Kier alpha value is -1.10. The molecule has 1 aliphatic rings. The van der Waals surface area contributed by atoms with Crippen molar-refractivity contribution < 1.29 is 9.53 Å². The molecule has 0 aliphatic carbocycles. The number of cyclic esters (lactones) is 1. The SMILES string of the molecule is CN1CC(c2ccc(Br)cn2)OC1=O. The van der Waals surface area contributed by atoms with Gasteiger partial charge in [0.05, 0.1) is 12.2 Å². The largest absolute Gasteiger partial charge is 0.438 e.